The lowest BCUT2D eigenvalue weighted by molar-refractivity contribution is 0.0980. The Hall–Kier alpha value is -2.74. The van der Waals surface area contributed by atoms with Gasteiger partial charge in [0, 0.05) is 36.1 Å². The Morgan fingerprint density at radius 3 is 2.11 bits per heavy atom. The molecule has 0 saturated carbocycles. The maximum atomic E-state index is 13.4. The van der Waals surface area contributed by atoms with Gasteiger partial charge in [0.1, 0.15) is 0 Å². The van der Waals surface area contributed by atoms with Crippen LogP contribution >= 0.6 is 11.3 Å². The van der Waals surface area contributed by atoms with Crippen LogP contribution < -0.4 is 22.1 Å². The Morgan fingerprint density at radius 1 is 0.821 bits per heavy atom. The smallest absolute Gasteiger partial charge is 0.196 e. The van der Waals surface area contributed by atoms with Crippen LogP contribution in [0.2, 0.25) is 0 Å². The summed E-state index contributed by atoms with van der Waals surface area (Å²) in [7, 11) is 0. The maximum absolute atomic E-state index is 13.4. The van der Waals surface area contributed by atoms with Gasteiger partial charge in [0.15, 0.2) is 11.6 Å². The van der Waals surface area contributed by atoms with E-state index in [-0.39, 0.29) is 11.6 Å². The molecule has 1 aliphatic carbocycles. The van der Waals surface area contributed by atoms with Crippen LogP contribution in [-0.4, -0.2) is 37.7 Å². The highest BCUT2D eigenvalue weighted by Gasteiger charge is 2.35. The van der Waals surface area contributed by atoms with Crippen molar-refractivity contribution < 1.29 is 9.59 Å². The molecule has 0 amide bonds. The summed E-state index contributed by atoms with van der Waals surface area (Å²) < 4.78 is 0.947. The van der Waals surface area contributed by atoms with Crippen molar-refractivity contribution in [2.45, 2.75) is 6.42 Å². The van der Waals surface area contributed by atoms with Crippen molar-refractivity contribution in [3.8, 4) is 0 Å². The predicted octanol–water partition coefficient (Wildman–Crippen LogP) is 2.81. The lowest BCUT2D eigenvalue weighted by Crippen LogP contribution is -2.25. The number of hydrogen-bond acceptors (Lipinski definition) is 7. The number of hydrogen-bond donors (Lipinski definition) is 4. The number of nitrogens with two attached hydrogens (primary N) is 2. The van der Waals surface area contributed by atoms with Crippen molar-refractivity contribution in [3.63, 3.8) is 0 Å². The molecule has 7 heteroatoms. The average Bonchev–Trinajstić information content (AvgIpc) is 3.20. The van der Waals surface area contributed by atoms with Gasteiger partial charge in [-0.15, -0.1) is 11.3 Å². The van der Waals surface area contributed by atoms with Gasteiger partial charge in [-0.1, -0.05) is 24.3 Å². The Labute approximate surface area is 166 Å². The molecule has 3 aromatic rings. The van der Waals surface area contributed by atoms with Gasteiger partial charge >= 0.3 is 0 Å². The Bertz CT molecular complexity index is 1070. The van der Waals surface area contributed by atoms with Gasteiger partial charge in [0.2, 0.25) is 0 Å². The molecule has 1 aromatic heterocycles. The molecule has 0 spiro atoms. The SMILES string of the molecule is NCCCNc1c2c(c(NCCN)c3sccc13)C(=O)c1ccccc1C2=O. The molecule has 1 heterocycles. The second-order valence-electron chi connectivity index (χ2n) is 6.65. The Morgan fingerprint density at radius 2 is 1.46 bits per heavy atom. The highest BCUT2D eigenvalue weighted by atomic mass is 32.1. The normalized spacial score (nSPS) is 12.8. The molecule has 0 radical (unpaired) electrons. The van der Waals surface area contributed by atoms with Crippen molar-refractivity contribution >= 4 is 44.4 Å². The molecule has 6 nitrogen and oxygen atoms in total. The van der Waals surface area contributed by atoms with Crippen molar-refractivity contribution in [2.75, 3.05) is 36.8 Å². The third-order valence-electron chi connectivity index (χ3n) is 4.91. The molecule has 0 aliphatic heterocycles. The summed E-state index contributed by atoms with van der Waals surface area (Å²) in [6, 6.07) is 8.98. The van der Waals surface area contributed by atoms with Crippen LogP contribution in [0.1, 0.15) is 38.3 Å². The quantitative estimate of drug-likeness (QED) is 0.283. The molecular formula is C21H22N4O2S. The fraction of sp³-hybridized carbons (Fsp3) is 0.238. The van der Waals surface area contributed by atoms with E-state index < -0.39 is 0 Å². The number of nitrogens with one attached hydrogen (secondary N) is 2. The number of carbonyl (C=O) groups excluding carboxylic acids is 2. The molecule has 0 unspecified atom stereocenters. The number of fused-ring (bicyclic) bond motifs is 3. The van der Waals surface area contributed by atoms with Crippen molar-refractivity contribution in [1.29, 1.82) is 0 Å². The third kappa shape index (κ3) is 2.88. The van der Waals surface area contributed by atoms with Gasteiger partial charge in [0.25, 0.3) is 0 Å². The summed E-state index contributed by atoms with van der Waals surface area (Å²) in [4.78, 5) is 26.9. The average molecular weight is 395 g/mol. The molecule has 0 fully saturated rings. The van der Waals surface area contributed by atoms with Gasteiger partial charge < -0.3 is 22.1 Å². The molecule has 144 valence electrons. The number of carbonyl (C=O) groups is 2. The maximum Gasteiger partial charge on any atom is 0.196 e. The van der Waals surface area contributed by atoms with Crippen LogP contribution in [0.4, 0.5) is 11.4 Å². The minimum absolute atomic E-state index is 0.135. The van der Waals surface area contributed by atoms with Crippen molar-refractivity contribution in [1.82, 2.24) is 0 Å². The monoisotopic (exact) mass is 394 g/mol. The van der Waals surface area contributed by atoms with Gasteiger partial charge in [-0.3, -0.25) is 9.59 Å². The van der Waals surface area contributed by atoms with E-state index >= 15 is 0 Å². The number of anilines is 2. The zero-order valence-corrected chi connectivity index (χ0v) is 16.2. The van der Waals surface area contributed by atoms with E-state index in [1.54, 1.807) is 35.6 Å². The van der Waals surface area contributed by atoms with Crippen LogP contribution in [0.15, 0.2) is 35.7 Å². The summed E-state index contributed by atoms with van der Waals surface area (Å²) in [5, 5.41) is 9.56. The van der Waals surface area contributed by atoms with E-state index in [0.29, 0.717) is 59.8 Å². The van der Waals surface area contributed by atoms with Crippen molar-refractivity contribution in [2.24, 2.45) is 11.5 Å². The molecule has 1 aliphatic rings. The first-order valence-corrected chi connectivity index (χ1v) is 10.2. The molecule has 0 atom stereocenters. The topological polar surface area (TPSA) is 110 Å². The van der Waals surface area contributed by atoms with Crippen molar-refractivity contribution in [3.05, 3.63) is 58.0 Å². The molecule has 0 saturated heterocycles. The molecule has 4 rings (SSSR count). The molecular weight excluding hydrogens is 372 g/mol. The van der Waals surface area contributed by atoms with E-state index in [9.17, 15) is 9.59 Å². The number of rotatable bonds is 7. The van der Waals surface area contributed by atoms with E-state index in [1.807, 2.05) is 11.4 Å². The van der Waals surface area contributed by atoms with Gasteiger partial charge in [-0.2, -0.15) is 0 Å². The second kappa shape index (κ2) is 7.71. The van der Waals surface area contributed by atoms with E-state index in [2.05, 4.69) is 10.6 Å². The standard InChI is InChI=1S/C21H22N4O2S/c22-7-3-9-24-17-14-6-11-28-21(14)18(25-10-8-23)16-15(17)19(26)12-4-1-2-5-13(12)20(16)27/h1-2,4-6,11,24-25H,3,7-10,22-23H2. The van der Waals surface area contributed by atoms with Crippen LogP contribution in [0.25, 0.3) is 10.1 Å². The molecule has 6 N–H and O–H groups in total. The van der Waals surface area contributed by atoms with Crippen LogP contribution in [0.3, 0.4) is 0 Å². The summed E-state index contributed by atoms with van der Waals surface area (Å²) in [6.07, 6.45) is 0.770. The number of ketones is 2. The molecule has 28 heavy (non-hydrogen) atoms. The largest absolute Gasteiger partial charge is 0.384 e. The first kappa shape index (κ1) is 18.6. The summed E-state index contributed by atoms with van der Waals surface area (Å²) >= 11 is 1.54. The first-order chi connectivity index (χ1) is 13.7. The van der Waals surface area contributed by atoms with Gasteiger partial charge in [-0.25, -0.2) is 0 Å². The van der Waals surface area contributed by atoms with E-state index in [0.717, 1.165) is 16.5 Å². The zero-order valence-electron chi connectivity index (χ0n) is 15.4. The highest BCUT2D eigenvalue weighted by Crippen LogP contribution is 2.45. The van der Waals surface area contributed by atoms with Crippen LogP contribution in [0.5, 0.6) is 0 Å². The Kier molecular flexibility index (Phi) is 5.13. The number of benzene rings is 2. The minimum Gasteiger partial charge on any atom is -0.384 e. The predicted molar refractivity (Wildman–Crippen MR) is 115 cm³/mol. The summed E-state index contributed by atoms with van der Waals surface area (Å²) in [6.45, 7) is 2.12. The fourth-order valence-corrected chi connectivity index (χ4v) is 4.59. The van der Waals surface area contributed by atoms with E-state index in [1.165, 1.54) is 0 Å². The molecule has 0 bridgehead atoms. The second-order valence-corrected chi connectivity index (χ2v) is 7.57. The van der Waals surface area contributed by atoms with Gasteiger partial charge in [0.05, 0.1) is 27.2 Å². The number of thiophene rings is 1. The zero-order chi connectivity index (χ0) is 19.7. The minimum atomic E-state index is -0.137. The third-order valence-corrected chi connectivity index (χ3v) is 5.84. The Balaban J connectivity index is 2.01. The van der Waals surface area contributed by atoms with E-state index in [4.69, 9.17) is 11.5 Å². The van der Waals surface area contributed by atoms with Gasteiger partial charge in [-0.05, 0) is 24.4 Å². The highest BCUT2D eigenvalue weighted by molar-refractivity contribution is 7.18. The lowest BCUT2D eigenvalue weighted by atomic mass is 9.81. The lowest BCUT2D eigenvalue weighted by Gasteiger charge is -2.25. The first-order valence-electron chi connectivity index (χ1n) is 9.32. The van der Waals surface area contributed by atoms with Crippen LogP contribution in [-0.2, 0) is 0 Å². The summed E-state index contributed by atoms with van der Waals surface area (Å²) in [5.41, 5.74) is 14.5. The fourth-order valence-electron chi connectivity index (χ4n) is 3.67. The summed E-state index contributed by atoms with van der Waals surface area (Å²) in [5.74, 6) is -0.272. The van der Waals surface area contributed by atoms with Crippen LogP contribution in [0, 0.1) is 0 Å². The molecule has 2 aromatic carbocycles.